The molecule has 0 aliphatic carbocycles. The van der Waals surface area contributed by atoms with Gasteiger partial charge in [0.25, 0.3) is 0 Å². The Morgan fingerprint density at radius 2 is 1.53 bits per heavy atom. The molecule has 86 valence electrons. The summed E-state index contributed by atoms with van der Waals surface area (Å²) in [6.45, 7) is 5.80. The summed E-state index contributed by atoms with van der Waals surface area (Å²) in [7, 11) is 0. The second-order valence-electron chi connectivity index (χ2n) is 4.01. The van der Waals surface area contributed by atoms with Crippen molar-refractivity contribution < 1.29 is 0 Å². The van der Waals surface area contributed by atoms with Gasteiger partial charge in [-0.2, -0.15) is 0 Å². The zero-order valence-electron chi connectivity index (χ0n) is 10.3. The molecule has 0 rings (SSSR count). The first-order valence-electron chi connectivity index (χ1n) is 6.41. The molecular formula is C15H26. The van der Waals surface area contributed by atoms with Gasteiger partial charge in [0.1, 0.15) is 0 Å². The van der Waals surface area contributed by atoms with Crippen LogP contribution in [-0.4, -0.2) is 0 Å². The van der Waals surface area contributed by atoms with E-state index in [9.17, 15) is 0 Å². The smallest absolute Gasteiger partial charge is 0.0240 e. The quantitative estimate of drug-likeness (QED) is 0.254. The second-order valence-corrected chi connectivity index (χ2v) is 4.01. The normalized spacial score (nSPS) is 10.5. The van der Waals surface area contributed by atoms with Crippen molar-refractivity contribution in [3.05, 3.63) is 30.5 Å². The zero-order chi connectivity index (χ0) is 11.2. The molecule has 0 radical (unpaired) electrons. The highest BCUT2D eigenvalue weighted by atomic mass is 13.9. The second kappa shape index (κ2) is 13.3. The molecule has 0 bridgehead atoms. The molecule has 0 saturated carbocycles. The van der Waals surface area contributed by atoms with Crippen molar-refractivity contribution in [2.45, 2.75) is 64.7 Å². The van der Waals surface area contributed by atoms with E-state index in [1.807, 2.05) is 6.08 Å². The first kappa shape index (κ1) is 14.3. The van der Waals surface area contributed by atoms with Gasteiger partial charge in [0.15, 0.2) is 0 Å². The van der Waals surface area contributed by atoms with Crippen molar-refractivity contribution in [3.63, 3.8) is 0 Å². The fourth-order valence-corrected chi connectivity index (χ4v) is 1.56. The molecule has 0 saturated heterocycles. The zero-order valence-corrected chi connectivity index (χ0v) is 10.3. The van der Waals surface area contributed by atoms with Crippen LogP contribution in [0.1, 0.15) is 64.7 Å². The fraction of sp³-hybridized carbons (Fsp3) is 0.667. The van der Waals surface area contributed by atoms with Gasteiger partial charge in [0.05, 0.1) is 0 Å². The summed E-state index contributed by atoms with van der Waals surface area (Å²) in [5.74, 6) is 0. The lowest BCUT2D eigenvalue weighted by molar-refractivity contribution is 0.611. The molecule has 0 spiro atoms. The molecule has 15 heavy (non-hydrogen) atoms. The van der Waals surface area contributed by atoms with E-state index in [1.54, 1.807) is 0 Å². The standard InChI is InChI=1S/C15H26/c1-3-5-7-9-11-13-15-14-12-10-8-6-4-2/h5,11,13H,1,4,6-10,12,14-15H2,2H3. The number of hydrogen-bond acceptors (Lipinski definition) is 0. The highest BCUT2D eigenvalue weighted by Crippen LogP contribution is 2.07. The Kier molecular flexibility index (Phi) is 12.6. The maximum Gasteiger partial charge on any atom is -0.0240 e. The summed E-state index contributed by atoms with van der Waals surface area (Å²) in [6.07, 6.45) is 18.4. The lowest BCUT2D eigenvalue weighted by Crippen LogP contribution is -1.77. The van der Waals surface area contributed by atoms with Gasteiger partial charge in [0.2, 0.25) is 0 Å². The Labute approximate surface area is 95.8 Å². The topological polar surface area (TPSA) is 0 Å². The van der Waals surface area contributed by atoms with Crippen LogP contribution in [-0.2, 0) is 0 Å². The highest BCUT2D eigenvalue weighted by Gasteiger charge is 1.87. The lowest BCUT2D eigenvalue weighted by Gasteiger charge is -1.97. The molecule has 0 heteroatoms. The summed E-state index contributed by atoms with van der Waals surface area (Å²) in [4.78, 5) is 0. The minimum absolute atomic E-state index is 1.08. The Morgan fingerprint density at radius 3 is 2.27 bits per heavy atom. The van der Waals surface area contributed by atoms with Crippen LogP contribution < -0.4 is 0 Å². The van der Waals surface area contributed by atoms with E-state index in [2.05, 4.69) is 31.4 Å². The maximum atomic E-state index is 3.54. The van der Waals surface area contributed by atoms with Crippen LogP contribution >= 0.6 is 0 Å². The van der Waals surface area contributed by atoms with Crippen molar-refractivity contribution in [1.82, 2.24) is 0 Å². The highest BCUT2D eigenvalue weighted by molar-refractivity contribution is 4.85. The van der Waals surface area contributed by atoms with Crippen molar-refractivity contribution in [2.24, 2.45) is 0 Å². The maximum absolute atomic E-state index is 3.54. The van der Waals surface area contributed by atoms with Crippen LogP contribution in [0.4, 0.5) is 0 Å². The summed E-state index contributed by atoms with van der Waals surface area (Å²) in [5.41, 5.74) is 2.79. The Balaban J connectivity index is 3.06. The molecule has 0 heterocycles. The van der Waals surface area contributed by atoms with Gasteiger partial charge in [0, 0.05) is 0 Å². The minimum atomic E-state index is 1.08. The molecule has 0 atom stereocenters. The van der Waals surface area contributed by atoms with Gasteiger partial charge in [-0.05, 0) is 31.8 Å². The third-order valence-corrected chi connectivity index (χ3v) is 2.51. The van der Waals surface area contributed by atoms with E-state index in [1.165, 1.54) is 44.9 Å². The summed E-state index contributed by atoms with van der Waals surface area (Å²) >= 11 is 0. The van der Waals surface area contributed by atoms with Crippen molar-refractivity contribution in [1.29, 1.82) is 0 Å². The van der Waals surface area contributed by atoms with Gasteiger partial charge >= 0.3 is 0 Å². The Morgan fingerprint density at radius 1 is 0.867 bits per heavy atom. The molecule has 0 aromatic rings. The monoisotopic (exact) mass is 206 g/mol. The van der Waals surface area contributed by atoms with E-state index in [-0.39, 0.29) is 0 Å². The molecule has 0 aliphatic heterocycles. The average molecular weight is 206 g/mol. The fourth-order valence-electron chi connectivity index (χ4n) is 1.56. The number of allylic oxidation sites excluding steroid dienone is 3. The van der Waals surface area contributed by atoms with Crippen LogP contribution in [0, 0.1) is 0 Å². The predicted molar refractivity (Wildman–Crippen MR) is 70.1 cm³/mol. The summed E-state index contributed by atoms with van der Waals surface area (Å²) in [6, 6.07) is 0. The van der Waals surface area contributed by atoms with E-state index in [0.717, 1.165) is 12.8 Å². The third kappa shape index (κ3) is 13.3. The van der Waals surface area contributed by atoms with Crippen LogP contribution in [0.5, 0.6) is 0 Å². The first-order valence-corrected chi connectivity index (χ1v) is 6.41. The number of hydrogen-bond donors (Lipinski definition) is 0. The van der Waals surface area contributed by atoms with Gasteiger partial charge < -0.3 is 0 Å². The summed E-state index contributed by atoms with van der Waals surface area (Å²) < 4.78 is 0. The minimum Gasteiger partial charge on any atom is -0.133 e. The molecule has 0 aliphatic rings. The van der Waals surface area contributed by atoms with Crippen LogP contribution in [0.3, 0.4) is 0 Å². The molecule has 0 amide bonds. The first-order chi connectivity index (χ1) is 7.41. The molecule has 0 aromatic carbocycles. The predicted octanol–water partition coefficient (Wildman–Crippen LogP) is 5.41. The van der Waals surface area contributed by atoms with Crippen LogP contribution in [0.2, 0.25) is 0 Å². The Hall–Kier alpha value is -0.740. The number of unbranched alkanes of at least 4 members (excludes halogenated alkanes) is 7. The molecule has 0 fully saturated rings. The Bertz CT molecular complexity index is 182. The molecule has 0 unspecified atom stereocenters. The van der Waals surface area contributed by atoms with Crippen LogP contribution in [0.25, 0.3) is 0 Å². The van der Waals surface area contributed by atoms with E-state index >= 15 is 0 Å². The van der Waals surface area contributed by atoms with E-state index < -0.39 is 0 Å². The lowest BCUT2D eigenvalue weighted by atomic mass is 10.1. The van der Waals surface area contributed by atoms with Crippen LogP contribution in [0.15, 0.2) is 30.5 Å². The average Bonchev–Trinajstić information content (AvgIpc) is 2.26. The van der Waals surface area contributed by atoms with Gasteiger partial charge in [-0.1, -0.05) is 57.8 Å². The van der Waals surface area contributed by atoms with Gasteiger partial charge in [-0.25, -0.2) is 0 Å². The number of rotatable bonds is 10. The molecule has 0 N–H and O–H groups in total. The van der Waals surface area contributed by atoms with Gasteiger partial charge in [-0.15, -0.1) is 5.73 Å². The summed E-state index contributed by atoms with van der Waals surface area (Å²) in [5, 5.41) is 0. The molecule has 0 aromatic heterocycles. The van der Waals surface area contributed by atoms with Crippen molar-refractivity contribution >= 4 is 0 Å². The SMILES string of the molecule is C=C=CCCC=CCCCCCCCC. The molecule has 0 nitrogen and oxygen atoms in total. The van der Waals surface area contributed by atoms with E-state index in [4.69, 9.17) is 0 Å². The van der Waals surface area contributed by atoms with E-state index in [0.29, 0.717) is 0 Å². The third-order valence-electron chi connectivity index (χ3n) is 2.51. The van der Waals surface area contributed by atoms with Gasteiger partial charge in [-0.3, -0.25) is 0 Å². The largest absolute Gasteiger partial charge is 0.133 e. The molecular weight excluding hydrogens is 180 g/mol. The van der Waals surface area contributed by atoms with Crippen molar-refractivity contribution in [3.8, 4) is 0 Å². The van der Waals surface area contributed by atoms with Crippen molar-refractivity contribution in [2.75, 3.05) is 0 Å².